The van der Waals surface area contributed by atoms with Gasteiger partial charge in [0.05, 0.1) is 19.0 Å². The Hall–Kier alpha value is -2.10. The molecule has 0 amide bonds. The second kappa shape index (κ2) is 8.51. The van der Waals surface area contributed by atoms with Gasteiger partial charge in [-0.3, -0.25) is 0 Å². The molecule has 3 rings (SSSR count). The number of hydrogen-bond donors (Lipinski definition) is 1. The van der Waals surface area contributed by atoms with E-state index in [2.05, 4.69) is 41.4 Å². The van der Waals surface area contributed by atoms with Crippen LogP contribution in [0.5, 0.6) is 0 Å². The Morgan fingerprint density at radius 1 is 0.913 bits per heavy atom. The van der Waals surface area contributed by atoms with Gasteiger partial charge in [0, 0.05) is 12.4 Å². The number of benzene rings is 2. The molecule has 0 aliphatic rings. The van der Waals surface area contributed by atoms with Gasteiger partial charge in [0.15, 0.2) is 0 Å². The first-order chi connectivity index (χ1) is 10.8. The Balaban J connectivity index is 0.00000192. The summed E-state index contributed by atoms with van der Waals surface area (Å²) in [5.74, 6) is 0. The average Bonchev–Trinajstić information content (AvgIpc) is 3.07. The highest BCUT2D eigenvalue weighted by Gasteiger charge is 2.08. The van der Waals surface area contributed by atoms with E-state index in [1.807, 2.05) is 29.0 Å². The van der Waals surface area contributed by atoms with Crippen molar-refractivity contribution < 1.29 is 5.11 Å². The second-order valence-electron chi connectivity index (χ2n) is 5.50. The topological polar surface area (TPSA) is 38.0 Å². The number of aryl methyl sites for hydroxylation is 2. The largest absolute Gasteiger partial charge is 0.387 e. The maximum Gasteiger partial charge on any atom is 0.0969 e. The smallest absolute Gasteiger partial charge is 0.0969 e. The number of hydrogen-bond acceptors (Lipinski definition) is 2. The van der Waals surface area contributed by atoms with E-state index in [9.17, 15) is 5.11 Å². The van der Waals surface area contributed by atoms with Gasteiger partial charge >= 0.3 is 0 Å². The maximum absolute atomic E-state index is 10.2. The van der Waals surface area contributed by atoms with Gasteiger partial charge in [-0.15, -0.1) is 12.4 Å². The summed E-state index contributed by atoms with van der Waals surface area (Å²) < 4.78 is 1.88. The van der Waals surface area contributed by atoms with E-state index < -0.39 is 6.10 Å². The van der Waals surface area contributed by atoms with Crippen LogP contribution in [0.3, 0.4) is 0 Å². The highest BCUT2D eigenvalue weighted by atomic mass is 35.5. The van der Waals surface area contributed by atoms with Crippen molar-refractivity contribution in [1.29, 1.82) is 0 Å². The van der Waals surface area contributed by atoms with Gasteiger partial charge < -0.3 is 9.67 Å². The minimum absolute atomic E-state index is 0. The summed E-state index contributed by atoms with van der Waals surface area (Å²) >= 11 is 0. The first-order valence-corrected chi connectivity index (χ1v) is 7.58. The predicted molar refractivity (Wildman–Crippen MR) is 94.7 cm³/mol. The SMILES string of the molecule is Cl.O[C@@H](Cn1ccnc1)c1ccc(CCc2ccccc2)cc1. The third-order valence-corrected chi connectivity index (χ3v) is 3.85. The predicted octanol–water partition coefficient (Wildman–Crippen LogP) is 3.82. The minimum Gasteiger partial charge on any atom is -0.387 e. The molecule has 1 N–H and O–H groups in total. The zero-order valence-corrected chi connectivity index (χ0v) is 13.7. The molecule has 0 saturated heterocycles. The Labute approximate surface area is 143 Å². The van der Waals surface area contributed by atoms with Crippen molar-refractivity contribution in [3.63, 3.8) is 0 Å². The molecule has 0 spiro atoms. The monoisotopic (exact) mass is 328 g/mol. The van der Waals surface area contributed by atoms with E-state index in [-0.39, 0.29) is 12.4 Å². The van der Waals surface area contributed by atoms with Gasteiger partial charge in [-0.05, 0) is 29.5 Å². The number of nitrogens with zero attached hydrogens (tertiary/aromatic N) is 2. The standard InChI is InChI=1S/C19H20N2O.ClH/c22-19(14-21-13-12-20-15-21)18-10-8-17(9-11-18)7-6-16-4-2-1-3-5-16;/h1-5,8-13,15,19,22H,6-7,14H2;1H/t19-;/m0./s1. The summed E-state index contributed by atoms with van der Waals surface area (Å²) in [6.45, 7) is 0.531. The van der Waals surface area contributed by atoms with Crippen LogP contribution in [0.2, 0.25) is 0 Å². The summed E-state index contributed by atoms with van der Waals surface area (Å²) in [5, 5.41) is 10.2. The van der Waals surface area contributed by atoms with Crippen LogP contribution >= 0.6 is 12.4 Å². The molecule has 0 bridgehead atoms. The normalized spacial score (nSPS) is 11.7. The van der Waals surface area contributed by atoms with Crippen molar-refractivity contribution in [3.8, 4) is 0 Å². The van der Waals surface area contributed by atoms with Gasteiger partial charge in [-0.2, -0.15) is 0 Å². The van der Waals surface area contributed by atoms with Crippen LogP contribution in [0, 0.1) is 0 Å². The fraction of sp³-hybridized carbons (Fsp3) is 0.211. The highest BCUT2D eigenvalue weighted by Crippen LogP contribution is 2.17. The molecule has 0 radical (unpaired) electrons. The lowest BCUT2D eigenvalue weighted by Crippen LogP contribution is -2.07. The number of rotatable bonds is 6. The molecule has 0 fully saturated rings. The van der Waals surface area contributed by atoms with Crippen molar-refractivity contribution in [3.05, 3.63) is 90.0 Å². The quantitative estimate of drug-likeness (QED) is 0.747. The van der Waals surface area contributed by atoms with Crippen LogP contribution in [0.25, 0.3) is 0 Å². The number of halogens is 1. The van der Waals surface area contributed by atoms with E-state index >= 15 is 0 Å². The molecule has 1 heterocycles. The fourth-order valence-corrected chi connectivity index (χ4v) is 2.54. The molecule has 120 valence electrons. The van der Waals surface area contributed by atoms with E-state index in [1.165, 1.54) is 11.1 Å². The molecule has 1 atom stereocenters. The van der Waals surface area contributed by atoms with Crippen LogP contribution < -0.4 is 0 Å². The van der Waals surface area contributed by atoms with E-state index in [1.54, 1.807) is 12.5 Å². The zero-order valence-electron chi connectivity index (χ0n) is 12.9. The van der Waals surface area contributed by atoms with Crippen LogP contribution in [-0.2, 0) is 19.4 Å². The van der Waals surface area contributed by atoms with Crippen LogP contribution in [-0.4, -0.2) is 14.7 Å². The molecule has 0 aliphatic heterocycles. The van der Waals surface area contributed by atoms with Crippen molar-refractivity contribution in [2.24, 2.45) is 0 Å². The number of imidazole rings is 1. The fourth-order valence-electron chi connectivity index (χ4n) is 2.54. The number of aliphatic hydroxyl groups excluding tert-OH is 1. The van der Waals surface area contributed by atoms with Gasteiger partial charge in [-0.25, -0.2) is 4.98 Å². The molecule has 0 aliphatic carbocycles. The van der Waals surface area contributed by atoms with E-state index in [0.717, 1.165) is 18.4 Å². The van der Waals surface area contributed by atoms with Crippen LogP contribution in [0.4, 0.5) is 0 Å². The maximum atomic E-state index is 10.2. The molecule has 0 unspecified atom stereocenters. The Morgan fingerprint density at radius 3 is 2.17 bits per heavy atom. The molecule has 3 aromatic rings. The van der Waals surface area contributed by atoms with Gasteiger partial charge in [-0.1, -0.05) is 54.6 Å². The van der Waals surface area contributed by atoms with Crippen molar-refractivity contribution >= 4 is 12.4 Å². The highest BCUT2D eigenvalue weighted by molar-refractivity contribution is 5.85. The Kier molecular flexibility index (Phi) is 6.39. The first kappa shape index (κ1) is 17.3. The Morgan fingerprint density at radius 2 is 1.57 bits per heavy atom. The Bertz CT molecular complexity index is 681. The molecule has 4 heteroatoms. The van der Waals surface area contributed by atoms with Gasteiger partial charge in [0.2, 0.25) is 0 Å². The van der Waals surface area contributed by atoms with E-state index in [4.69, 9.17) is 0 Å². The van der Waals surface area contributed by atoms with Crippen molar-refractivity contribution in [2.75, 3.05) is 0 Å². The van der Waals surface area contributed by atoms with Gasteiger partial charge in [0.1, 0.15) is 0 Å². The lowest BCUT2D eigenvalue weighted by atomic mass is 10.0. The summed E-state index contributed by atoms with van der Waals surface area (Å²) in [6, 6.07) is 18.7. The third-order valence-electron chi connectivity index (χ3n) is 3.85. The van der Waals surface area contributed by atoms with Crippen molar-refractivity contribution in [1.82, 2.24) is 9.55 Å². The first-order valence-electron chi connectivity index (χ1n) is 7.58. The van der Waals surface area contributed by atoms with Gasteiger partial charge in [0.25, 0.3) is 0 Å². The van der Waals surface area contributed by atoms with Crippen LogP contribution in [0.1, 0.15) is 22.8 Å². The summed E-state index contributed by atoms with van der Waals surface area (Å²) in [4.78, 5) is 3.99. The molecule has 2 aromatic carbocycles. The average molecular weight is 329 g/mol. The van der Waals surface area contributed by atoms with Crippen molar-refractivity contribution in [2.45, 2.75) is 25.5 Å². The van der Waals surface area contributed by atoms with Crippen LogP contribution in [0.15, 0.2) is 73.3 Å². The number of aliphatic hydroxyl groups is 1. The summed E-state index contributed by atoms with van der Waals surface area (Å²) in [6.07, 6.45) is 6.85. The second-order valence-corrected chi connectivity index (χ2v) is 5.50. The molecule has 3 nitrogen and oxygen atoms in total. The molecular formula is C19H21ClN2O. The number of aromatic nitrogens is 2. The molecular weight excluding hydrogens is 308 g/mol. The molecule has 23 heavy (non-hydrogen) atoms. The minimum atomic E-state index is -0.502. The lowest BCUT2D eigenvalue weighted by Gasteiger charge is -2.12. The lowest BCUT2D eigenvalue weighted by molar-refractivity contribution is 0.156. The van der Waals surface area contributed by atoms with E-state index in [0.29, 0.717) is 6.54 Å². The molecule has 1 aromatic heterocycles. The summed E-state index contributed by atoms with van der Waals surface area (Å²) in [5.41, 5.74) is 3.59. The zero-order chi connectivity index (χ0) is 15.2. The third kappa shape index (κ3) is 4.95. The summed E-state index contributed by atoms with van der Waals surface area (Å²) in [7, 11) is 0. The molecule has 0 saturated carbocycles.